The van der Waals surface area contributed by atoms with Gasteiger partial charge < -0.3 is 19.5 Å². The molecule has 0 bridgehead atoms. The lowest BCUT2D eigenvalue weighted by atomic mass is 10.2. The molecule has 1 N–H and O–H groups in total. The van der Waals surface area contributed by atoms with Crippen molar-refractivity contribution >= 4 is 27.6 Å². The molecule has 2 aromatic rings. The van der Waals surface area contributed by atoms with Crippen LogP contribution in [0.25, 0.3) is 0 Å². The summed E-state index contributed by atoms with van der Waals surface area (Å²) in [5, 5.41) is 2.55. The average molecular weight is 477 g/mol. The van der Waals surface area contributed by atoms with Crippen molar-refractivity contribution in [2.75, 3.05) is 39.2 Å². The third kappa shape index (κ3) is 6.53. The molecule has 10 heteroatoms. The summed E-state index contributed by atoms with van der Waals surface area (Å²) < 4.78 is 42.2. The Hall–Kier alpha value is -2.95. The topological polar surface area (TPSA) is 111 Å². The largest absolute Gasteiger partial charge is 0.491 e. The molecule has 178 valence electrons. The van der Waals surface area contributed by atoms with E-state index in [1.165, 1.54) is 20.2 Å². The highest BCUT2D eigenvalue weighted by Gasteiger charge is 2.21. The zero-order valence-corrected chi connectivity index (χ0v) is 19.7. The minimum Gasteiger partial charge on any atom is -0.491 e. The zero-order chi connectivity index (χ0) is 24.0. The second-order valence-corrected chi connectivity index (χ2v) is 9.98. The first-order valence-electron chi connectivity index (χ1n) is 10.5. The molecule has 1 atom stereocenters. The van der Waals surface area contributed by atoms with Gasteiger partial charge in [-0.1, -0.05) is 6.07 Å². The Morgan fingerprint density at radius 2 is 1.88 bits per heavy atom. The lowest BCUT2D eigenvalue weighted by Crippen LogP contribution is -2.24. The molecule has 1 fully saturated rings. The van der Waals surface area contributed by atoms with Gasteiger partial charge in [-0.15, -0.1) is 0 Å². The molecule has 0 aromatic heterocycles. The van der Waals surface area contributed by atoms with E-state index in [1.807, 2.05) is 0 Å². The van der Waals surface area contributed by atoms with Gasteiger partial charge in [-0.2, -0.15) is 0 Å². The first-order chi connectivity index (χ1) is 15.7. The summed E-state index contributed by atoms with van der Waals surface area (Å²) in [6.07, 6.45) is 2.11. The molecule has 1 aliphatic rings. The third-order valence-electron chi connectivity index (χ3n) is 5.11. The first-order valence-corrected chi connectivity index (χ1v) is 12.0. The number of nitrogens with zero attached hydrogens (tertiary/aromatic N) is 1. The number of nitrogens with one attached hydrogen (secondary N) is 1. The smallest absolute Gasteiger partial charge is 0.338 e. The molecule has 1 amide bonds. The Morgan fingerprint density at radius 3 is 2.52 bits per heavy atom. The monoisotopic (exact) mass is 476 g/mol. The quantitative estimate of drug-likeness (QED) is 0.554. The summed E-state index contributed by atoms with van der Waals surface area (Å²) in [4.78, 5) is 24.5. The first kappa shape index (κ1) is 24.7. The Labute approximate surface area is 193 Å². The zero-order valence-electron chi connectivity index (χ0n) is 18.9. The van der Waals surface area contributed by atoms with Gasteiger partial charge in [0.1, 0.15) is 12.4 Å². The molecule has 0 spiro atoms. The summed E-state index contributed by atoms with van der Waals surface area (Å²) in [5.41, 5.74) is 1.12. The minimum absolute atomic E-state index is 0.0871. The van der Waals surface area contributed by atoms with Crippen LogP contribution in [0.5, 0.6) is 5.75 Å². The lowest BCUT2D eigenvalue weighted by Gasteiger charge is -2.15. The molecule has 0 radical (unpaired) electrons. The molecule has 1 heterocycles. The van der Waals surface area contributed by atoms with E-state index in [9.17, 15) is 18.0 Å². The van der Waals surface area contributed by atoms with Gasteiger partial charge in [-0.25, -0.2) is 17.5 Å². The summed E-state index contributed by atoms with van der Waals surface area (Å²) in [6.45, 7) is 2.37. The molecule has 1 unspecified atom stereocenters. The summed E-state index contributed by atoms with van der Waals surface area (Å²) >= 11 is 0. The Balaban J connectivity index is 1.52. The average Bonchev–Trinajstić information content (AvgIpc) is 3.31. The number of sulfonamides is 1. The number of benzene rings is 2. The molecule has 2 aromatic carbocycles. The molecular formula is C23H28N2O7S. The summed E-state index contributed by atoms with van der Waals surface area (Å²) in [7, 11) is -0.795. The maximum absolute atomic E-state index is 12.4. The van der Waals surface area contributed by atoms with Crippen molar-refractivity contribution in [1.82, 2.24) is 4.31 Å². The Bertz CT molecular complexity index is 1090. The van der Waals surface area contributed by atoms with Crippen LogP contribution >= 0.6 is 0 Å². The van der Waals surface area contributed by atoms with Gasteiger partial charge in [-0.05, 0) is 61.7 Å². The Kier molecular flexibility index (Phi) is 8.06. The summed E-state index contributed by atoms with van der Waals surface area (Å²) in [5.74, 6) is -0.629. The van der Waals surface area contributed by atoms with Crippen LogP contribution in [0, 0.1) is 6.92 Å². The molecule has 33 heavy (non-hydrogen) atoms. The van der Waals surface area contributed by atoms with Gasteiger partial charge >= 0.3 is 5.97 Å². The number of amides is 1. The minimum atomic E-state index is -3.66. The molecule has 3 rings (SSSR count). The molecule has 0 saturated carbocycles. The number of esters is 1. The highest BCUT2D eigenvalue weighted by atomic mass is 32.2. The van der Waals surface area contributed by atoms with E-state index in [2.05, 4.69) is 5.32 Å². The third-order valence-corrected chi connectivity index (χ3v) is 7.07. The predicted octanol–water partition coefficient (Wildman–Crippen LogP) is 2.60. The van der Waals surface area contributed by atoms with E-state index >= 15 is 0 Å². The standard InChI is InChI=1S/C23H28N2O7S/c1-16-6-9-18(13-21(16)33(28,29)25(2)3)24-22(26)15-32-23(27)17-7-10-19(11-8-17)31-14-20-5-4-12-30-20/h6-11,13,20H,4-5,12,14-15H2,1-3H3,(H,24,26). The van der Waals surface area contributed by atoms with Crippen LogP contribution in [0.15, 0.2) is 47.4 Å². The van der Waals surface area contributed by atoms with E-state index in [-0.39, 0.29) is 22.3 Å². The van der Waals surface area contributed by atoms with E-state index in [1.54, 1.807) is 43.3 Å². The van der Waals surface area contributed by atoms with Crippen LogP contribution in [0.2, 0.25) is 0 Å². The number of hydrogen-bond donors (Lipinski definition) is 1. The van der Waals surface area contributed by atoms with E-state index < -0.39 is 28.5 Å². The lowest BCUT2D eigenvalue weighted by molar-refractivity contribution is -0.119. The fourth-order valence-corrected chi connectivity index (χ4v) is 4.36. The molecule has 9 nitrogen and oxygen atoms in total. The van der Waals surface area contributed by atoms with Gasteiger partial charge in [0, 0.05) is 26.4 Å². The fraction of sp³-hybridized carbons (Fsp3) is 0.391. The van der Waals surface area contributed by atoms with Crippen LogP contribution in [0.3, 0.4) is 0 Å². The number of carbonyl (C=O) groups excluding carboxylic acids is 2. The highest BCUT2D eigenvalue weighted by molar-refractivity contribution is 7.89. The number of ether oxygens (including phenoxy) is 3. The van der Waals surface area contributed by atoms with Gasteiger partial charge in [0.05, 0.1) is 16.6 Å². The van der Waals surface area contributed by atoms with Crippen LogP contribution in [0.4, 0.5) is 5.69 Å². The van der Waals surface area contributed by atoms with Gasteiger partial charge in [0.25, 0.3) is 5.91 Å². The van der Waals surface area contributed by atoms with Crippen LogP contribution in [-0.4, -0.2) is 64.6 Å². The number of anilines is 1. The normalized spacial score (nSPS) is 15.9. The van der Waals surface area contributed by atoms with Crippen LogP contribution in [-0.2, 0) is 24.3 Å². The highest BCUT2D eigenvalue weighted by Crippen LogP contribution is 2.22. The second-order valence-electron chi connectivity index (χ2n) is 7.86. The van der Waals surface area contributed by atoms with Crippen LogP contribution in [0.1, 0.15) is 28.8 Å². The number of rotatable bonds is 9. The molecule has 0 aliphatic carbocycles. The maximum Gasteiger partial charge on any atom is 0.338 e. The van der Waals surface area contributed by atoms with Crippen molar-refractivity contribution in [2.24, 2.45) is 0 Å². The van der Waals surface area contributed by atoms with Gasteiger partial charge in [0.15, 0.2) is 6.61 Å². The SMILES string of the molecule is Cc1ccc(NC(=O)COC(=O)c2ccc(OCC3CCCO3)cc2)cc1S(=O)(=O)N(C)C. The van der Waals surface area contributed by atoms with Crippen molar-refractivity contribution in [3.05, 3.63) is 53.6 Å². The van der Waals surface area contributed by atoms with Crippen molar-refractivity contribution < 1.29 is 32.2 Å². The number of carbonyl (C=O) groups is 2. The number of hydrogen-bond acceptors (Lipinski definition) is 7. The van der Waals surface area contributed by atoms with E-state index in [4.69, 9.17) is 14.2 Å². The van der Waals surface area contributed by atoms with E-state index in [0.29, 0.717) is 17.9 Å². The second kappa shape index (κ2) is 10.8. The van der Waals surface area contributed by atoms with Crippen molar-refractivity contribution in [3.63, 3.8) is 0 Å². The van der Waals surface area contributed by atoms with Gasteiger partial charge in [0.2, 0.25) is 10.0 Å². The Morgan fingerprint density at radius 1 is 1.15 bits per heavy atom. The maximum atomic E-state index is 12.4. The van der Waals surface area contributed by atoms with Crippen molar-refractivity contribution in [2.45, 2.75) is 30.8 Å². The number of aryl methyl sites for hydroxylation is 1. The van der Waals surface area contributed by atoms with E-state index in [0.717, 1.165) is 23.8 Å². The molecule has 1 saturated heterocycles. The van der Waals surface area contributed by atoms with Crippen molar-refractivity contribution in [3.8, 4) is 5.75 Å². The van der Waals surface area contributed by atoms with Crippen LogP contribution < -0.4 is 10.1 Å². The molecule has 1 aliphatic heterocycles. The predicted molar refractivity (Wildman–Crippen MR) is 122 cm³/mol. The van der Waals surface area contributed by atoms with Crippen molar-refractivity contribution in [1.29, 1.82) is 0 Å². The van der Waals surface area contributed by atoms with Gasteiger partial charge in [-0.3, -0.25) is 4.79 Å². The fourth-order valence-electron chi connectivity index (χ4n) is 3.22. The molecular weight excluding hydrogens is 448 g/mol. The summed E-state index contributed by atoms with van der Waals surface area (Å²) in [6, 6.07) is 11.0.